The number of aryl methyl sites for hydroxylation is 1. The van der Waals surface area contributed by atoms with Gasteiger partial charge in [-0.25, -0.2) is 4.39 Å². The number of halogens is 1. The van der Waals surface area contributed by atoms with E-state index in [2.05, 4.69) is 0 Å². The molecule has 2 fully saturated rings. The third-order valence-electron chi connectivity index (χ3n) is 4.46. The van der Waals surface area contributed by atoms with E-state index in [9.17, 15) is 4.39 Å². The second kappa shape index (κ2) is 4.63. The summed E-state index contributed by atoms with van der Waals surface area (Å²) in [5.74, 6) is 0.307. The quantitative estimate of drug-likeness (QED) is 0.893. The first-order valence-corrected chi connectivity index (χ1v) is 6.79. The highest BCUT2D eigenvalue weighted by Crippen LogP contribution is 2.40. The van der Waals surface area contributed by atoms with Crippen LogP contribution in [-0.2, 0) is 11.2 Å². The van der Waals surface area contributed by atoms with Crippen molar-refractivity contribution in [3.8, 4) is 0 Å². The van der Waals surface area contributed by atoms with Crippen molar-refractivity contribution in [2.45, 2.75) is 50.9 Å². The smallest absolute Gasteiger partial charge is 0.123 e. The summed E-state index contributed by atoms with van der Waals surface area (Å²) in [6.45, 7) is 1.95. The number of rotatable bonds is 3. The molecule has 18 heavy (non-hydrogen) atoms. The van der Waals surface area contributed by atoms with Gasteiger partial charge < -0.3 is 10.5 Å². The van der Waals surface area contributed by atoms with Gasteiger partial charge in [0.05, 0.1) is 12.2 Å². The fraction of sp³-hybridized carbons (Fsp3) is 0.600. The van der Waals surface area contributed by atoms with E-state index < -0.39 is 0 Å². The molecular weight excluding hydrogens is 229 g/mol. The molecule has 0 spiro atoms. The van der Waals surface area contributed by atoms with Crippen LogP contribution in [0.5, 0.6) is 0 Å². The Kier molecular flexibility index (Phi) is 3.12. The lowest BCUT2D eigenvalue weighted by Gasteiger charge is -2.25. The third kappa shape index (κ3) is 2.17. The zero-order valence-electron chi connectivity index (χ0n) is 10.7. The Hall–Kier alpha value is -0.930. The Morgan fingerprint density at radius 1 is 1.44 bits per heavy atom. The van der Waals surface area contributed by atoms with Crippen LogP contribution in [0.15, 0.2) is 18.2 Å². The summed E-state index contributed by atoms with van der Waals surface area (Å²) in [6.07, 6.45) is 5.09. The zero-order valence-corrected chi connectivity index (χ0v) is 10.7. The van der Waals surface area contributed by atoms with Crippen molar-refractivity contribution in [3.63, 3.8) is 0 Å². The number of fused-ring (bicyclic) bond motifs is 2. The van der Waals surface area contributed by atoms with E-state index in [1.165, 1.54) is 12.5 Å². The van der Waals surface area contributed by atoms with Crippen molar-refractivity contribution in [2.75, 3.05) is 0 Å². The van der Waals surface area contributed by atoms with Gasteiger partial charge in [-0.15, -0.1) is 0 Å². The lowest BCUT2D eigenvalue weighted by Crippen LogP contribution is -2.38. The summed E-state index contributed by atoms with van der Waals surface area (Å²) in [5, 5.41) is 0. The minimum atomic E-state index is -0.173. The van der Waals surface area contributed by atoms with E-state index in [0.29, 0.717) is 18.1 Å². The van der Waals surface area contributed by atoms with Crippen LogP contribution in [0.25, 0.3) is 0 Å². The van der Waals surface area contributed by atoms with Crippen LogP contribution in [-0.4, -0.2) is 18.2 Å². The first kappa shape index (κ1) is 12.1. The minimum absolute atomic E-state index is 0.129. The molecular formula is C15H20FNO. The second-order valence-corrected chi connectivity index (χ2v) is 5.71. The molecule has 1 aromatic carbocycles. The topological polar surface area (TPSA) is 35.2 Å². The van der Waals surface area contributed by atoms with Crippen LogP contribution >= 0.6 is 0 Å². The van der Waals surface area contributed by atoms with Crippen molar-refractivity contribution < 1.29 is 9.13 Å². The van der Waals surface area contributed by atoms with E-state index in [-0.39, 0.29) is 11.9 Å². The first-order chi connectivity index (χ1) is 8.63. The highest BCUT2D eigenvalue weighted by molar-refractivity contribution is 5.27. The zero-order chi connectivity index (χ0) is 12.7. The monoisotopic (exact) mass is 249 g/mol. The summed E-state index contributed by atoms with van der Waals surface area (Å²) in [5.41, 5.74) is 8.48. The number of hydrogen-bond donors (Lipinski definition) is 1. The van der Waals surface area contributed by atoms with Gasteiger partial charge in [0.15, 0.2) is 0 Å². The fourth-order valence-electron chi connectivity index (χ4n) is 3.42. The van der Waals surface area contributed by atoms with E-state index in [4.69, 9.17) is 10.5 Å². The van der Waals surface area contributed by atoms with E-state index in [0.717, 1.165) is 30.4 Å². The molecule has 2 aliphatic heterocycles. The molecule has 0 saturated carbocycles. The maximum atomic E-state index is 13.1. The van der Waals surface area contributed by atoms with Crippen molar-refractivity contribution in [3.05, 3.63) is 35.1 Å². The lowest BCUT2D eigenvalue weighted by atomic mass is 9.81. The van der Waals surface area contributed by atoms with Crippen LogP contribution in [0.2, 0.25) is 0 Å². The number of hydrogen-bond acceptors (Lipinski definition) is 2. The van der Waals surface area contributed by atoms with Gasteiger partial charge in [0.1, 0.15) is 5.82 Å². The average molecular weight is 249 g/mol. The molecule has 3 rings (SSSR count). The van der Waals surface area contributed by atoms with Crippen molar-refractivity contribution >= 4 is 0 Å². The van der Waals surface area contributed by atoms with Crippen molar-refractivity contribution in [1.29, 1.82) is 0 Å². The van der Waals surface area contributed by atoms with Crippen LogP contribution in [0.4, 0.5) is 4.39 Å². The molecule has 0 radical (unpaired) electrons. The van der Waals surface area contributed by atoms with E-state index in [1.807, 2.05) is 13.0 Å². The molecule has 2 nitrogen and oxygen atoms in total. The number of nitrogens with two attached hydrogens (primary N) is 1. The standard InChI is InChI=1S/C15H20FNO/c1-9-6-11(16)3-2-10(9)7-14(17)13-8-12-4-5-15(13)18-12/h2-3,6,12-15H,4-5,7-8,17H2,1H3. The molecule has 2 bridgehead atoms. The molecule has 3 heteroatoms. The van der Waals surface area contributed by atoms with Gasteiger partial charge in [-0.2, -0.15) is 0 Å². The van der Waals surface area contributed by atoms with Gasteiger partial charge >= 0.3 is 0 Å². The van der Waals surface area contributed by atoms with Gasteiger partial charge in [0.2, 0.25) is 0 Å². The van der Waals surface area contributed by atoms with Gasteiger partial charge in [-0.3, -0.25) is 0 Å². The number of ether oxygens (including phenoxy) is 1. The SMILES string of the molecule is Cc1cc(F)ccc1CC(N)C1CC2CCC1O2. The predicted octanol–water partition coefficient (Wildman–Crippen LogP) is 2.57. The summed E-state index contributed by atoms with van der Waals surface area (Å²) in [6, 6.07) is 5.09. The van der Waals surface area contributed by atoms with Gasteiger partial charge in [-0.1, -0.05) is 6.07 Å². The molecule has 2 saturated heterocycles. The van der Waals surface area contributed by atoms with E-state index >= 15 is 0 Å². The fourth-order valence-corrected chi connectivity index (χ4v) is 3.42. The van der Waals surface area contributed by atoms with Crippen LogP contribution in [0, 0.1) is 18.7 Å². The first-order valence-electron chi connectivity index (χ1n) is 6.79. The molecule has 0 aliphatic carbocycles. The Bertz CT molecular complexity index is 448. The predicted molar refractivity (Wildman–Crippen MR) is 68.8 cm³/mol. The molecule has 0 aromatic heterocycles. The Labute approximate surface area is 107 Å². The Morgan fingerprint density at radius 2 is 2.28 bits per heavy atom. The van der Waals surface area contributed by atoms with Gasteiger partial charge in [-0.05, 0) is 55.9 Å². The molecule has 4 unspecified atom stereocenters. The number of benzene rings is 1. The molecule has 4 atom stereocenters. The molecule has 0 amide bonds. The second-order valence-electron chi connectivity index (χ2n) is 5.71. The minimum Gasteiger partial charge on any atom is -0.375 e. The summed E-state index contributed by atoms with van der Waals surface area (Å²) in [7, 11) is 0. The van der Waals surface area contributed by atoms with Crippen LogP contribution in [0.3, 0.4) is 0 Å². The van der Waals surface area contributed by atoms with Gasteiger partial charge in [0, 0.05) is 12.0 Å². The maximum absolute atomic E-state index is 13.1. The van der Waals surface area contributed by atoms with Gasteiger partial charge in [0.25, 0.3) is 0 Å². The van der Waals surface area contributed by atoms with Crippen LogP contribution < -0.4 is 5.73 Å². The molecule has 1 aromatic rings. The molecule has 2 N–H and O–H groups in total. The normalized spacial score (nSPS) is 31.8. The highest BCUT2D eigenvalue weighted by atomic mass is 19.1. The highest BCUT2D eigenvalue weighted by Gasteiger charge is 2.43. The van der Waals surface area contributed by atoms with Crippen molar-refractivity contribution in [2.24, 2.45) is 11.7 Å². The molecule has 2 heterocycles. The summed E-state index contributed by atoms with van der Waals surface area (Å²) in [4.78, 5) is 0. The molecule has 98 valence electrons. The summed E-state index contributed by atoms with van der Waals surface area (Å²) >= 11 is 0. The third-order valence-corrected chi connectivity index (χ3v) is 4.46. The average Bonchev–Trinajstić information content (AvgIpc) is 2.94. The summed E-state index contributed by atoms with van der Waals surface area (Å²) < 4.78 is 18.9. The maximum Gasteiger partial charge on any atom is 0.123 e. The van der Waals surface area contributed by atoms with E-state index in [1.54, 1.807) is 6.07 Å². The lowest BCUT2D eigenvalue weighted by molar-refractivity contribution is 0.0885. The largest absolute Gasteiger partial charge is 0.375 e. The van der Waals surface area contributed by atoms with Crippen molar-refractivity contribution in [1.82, 2.24) is 0 Å². The Morgan fingerprint density at radius 3 is 2.89 bits per heavy atom. The Balaban J connectivity index is 1.69. The van der Waals surface area contributed by atoms with Crippen LogP contribution in [0.1, 0.15) is 30.4 Å². The molecule has 2 aliphatic rings.